The van der Waals surface area contributed by atoms with Gasteiger partial charge in [0.15, 0.2) is 0 Å². The summed E-state index contributed by atoms with van der Waals surface area (Å²) in [6, 6.07) is 7.86. The number of amides is 1. The molecule has 7 heteroatoms. The van der Waals surface area contributed by atoms with Crippen LogP contribution in [0.4, 0.5) is 0 Å². The molecule has 1 aromatic carbocycles. The number of aryl methyl sites for hydroxylation is 2. The van der Waals surface area contributed by atoms with Gasteiger partial charge < -0.3 is 5.32 Å². The monoisotopic (exact) mass is 327 g/mol. The lowest BCUT2D eigenvalue weighted by molar-refractivity contribution is -0.121. The van der Waals surface area contributed by atoms with E-state index in [2.05, 4.69) is 20.4 Å². The Balaban J connectivity index is 1.48. The molecule has 0 unspecified atom stereocenters. The Bertz CT molecular complexity index is 764. The van der Waals surface area contributed by atoms with Crippen LogP contribution in [-0.2, 0) is 17.8 Å². The fourth-order valence-corrected chi connectivity index (χ4v) is 2.97. The average molecular weight is 327 g/mol. The van der Waals surface area contributed by atoms with E-state index < -0.39 is 0 Å². The molecule has 0 spiro atoms. The lowest BCUT2D eigenvalue weighted by Gasteiger charge is -2.06. The standard InChI is InChI=1S/C16H17N5OS/c1-12-15(23-11-19-12)6-7-16(22)18-8-13-2-4-14(5-3-13)21-10-17-9-20-21/h2-5,9-11H,6-8H2,1H3,(H,18,22). The highest BCUT2D eigenvalue weighted by molar-refractivity contribution is 7.09. The topological polar surface area (TPSA) is 72.7 Å². The zero-order valence-corrected chi connectivity index (χ0v) is 13.6. The van der Waals surface area contributed by atoms with Gasteiger partial charge in [-0.15, -0.1) is 11.3 Å². The van der Waals surface area contributed by atoms with Gasteiger partial charge in [0.1, 0.15) is 12.7 Å². The minimum absolute atomic E-state index is 0.0538. The highest BCUT2D eigenvalue weighted by atomic mass is 32.1. The normalized spacial score (nSPS) is 10.7. The molecule has 1 amide bonds. The molecule has 0 aliphatic rings. The number of aromatic nitrogens is 4. The zero-order chi connectivity index (χ0) is 16.1. The first kappa shape index (κ1) is 15.4. The quantitative estimate of drug-likeness (QED) is 0.754. The maximum atomic E-state index is 11.9. The molecule has 3 aromatic rings. The van der Waals surface area contributed by atoms with E-state index in [4.69, 9.17) is 0 Å². The number of hydrogen-bond acceptors (Lipinski definition) is 5. The number of carbonyl (C=O) groups is 1. The van der Waals surface area contributed by atoms with Crippen molar-refractivity contribution < 1.29 is 4.79 Å². The summed E-state index contributed by atoms with van der Waals surface area (Å²) >= 11 is 1.60. The van der Waals surface area contributed by atoms with Crippen molar-refractivity contribution in [2.75, 3.05) is 0 Å². The molecule has 0 aliphatic heterocycles. The predicted molar refractivity (Wildman–Crippen MR) is 88.4 cm³/mol. The Morgan fingerprint density at radius 3 is 2.78 bits per heavy atom. The van der Waals surface area contributed by atoms with Crippen molar-refractivity contribution >= 4 is 17.2 Å². The fraction of sp³-hybridized carbons (Fsp3) is 0.250. The van der Waals surface area contributed by atoms with Crippen LogP contribution in [0.3, 0.4) is 0 Å². The number of hydrogen-bond donors (Lipinski definition) is 1. The van der Waals surface area contributed by atoms with Gasteiger partial charge in [-0.05, 0) is 31.0 Å². The second-order valence-corrected chi connectivity index (χ2v) is 6.08. The first-order valence-electron chi connectivity index (χ1n) is 7.32. The lowest BCUT2D eigenvalue weighted by Crippen LogP contribution is -2.22. The SMILES string of the molecule is Cc1ncsc1CCC(=O)NCc1ccc(-n2cncn2)cc1. The highest BCUT2D eigenvalue weighted by Crippen LogP contribution is 2.14. The third-order valence-corrected chi connectivity index (χ3v) is 4.53. The minimum atomic E-state index is 0.0538. The Morgan fingerprint density at radius 1 is 1.30 bits per heavy atom. The van der Waals surface area contributed by atoms with Crippen molar-refractivity contribution in [2.24, 2.45) is 0 Å². The van der Waals surface area contributed by atoms with Crippen LogP contribution in [0.15, 0.2) is 42.4 Å². The summed E-state index contributed by atoms with van der Waals surface area (Å²) in [5, 5.41) is 7.02. The molecule has 0 atom stereocenters. The Labute approximate surface area is 138 Å². The number of nitrogens with one attached hydrogen (secondary N) is 1. The van der Waals surface area contributed by atoms with E-state index in [0.29, 0.717) is 13.0 Å². The lowest BCUT2D eigenvalue weighted by atomic mass is 10.2. The molecule has 0 aliphatic carbocycles. The molecule has 0 saturated carbocycles. The molecule has 0 saturated heterocycles. The van der Waals surface area contributed by atoms with E-state index in [1.54, 1.807) is 22.3 Å². The van der Waals surface area contributed by atoms with Gasteiger partial charge in [0, 0.05) is 17.8 Å². The van der Waals surface area contributed by atoms with E-state index in [1.807, 2.05) is 36.7 Å². The largest absolute Gasteiger partial charge is 0.352 e. The van der Waals surface area contributed by atoms with Gasteiger partial charge >= 0.3 is 0 Å². The zero-order valence-electron chi connectivity index (χ0n) is 12.8. The van der Waals surface area contributed by atoms with Crippen molar-refractivity contribution in [3.8, 4) is 5.69 Å². The third kappa shape index (κ3) is 4.01. The Morgan fingerprint density at radius 2 is 2.13 bits per heavy atom. The smallest absolute Gasteiger partial charge is 0.220 e. The van der Waals surface area contributed by atoms with Crippen LogP contribution in [0.1, 0.15) is 22.6 Å². The molecule has 0 bridgehead atoms. The van der Waals surface area contributed by atoms with Gasteiger partial charge in [0.2, 0.25) is 5.91 Å². The molecular formula is C16H17N5OS. The minimum Gasteiger partial charge on any atom is -0.352 e. The van der Waals surface area contributed by atoms with Crippen molar-refractivity contribution in [3.63, 3.8) is 0 Å². The van der Waals surface area contributed by atoms with E-state index in [0.717, 1.165) is 23.4 Å². The first-order valence-corrected chi connectivity index (χ1v) is 8.20. The number of thiazole rings is 1. The van der Waals surface area contributed by atoms with Crippen molar-refractivity contribution in [3.05, 3.63) is 58.6 Å². The van der Waals surface area contributed by atoms with Gasteiger partial charge in [-0.3, -0.25) is 4.79 Å². The summed E-state index contributed by atoms with van der Waals surface area (Å²) in [5.41, 5.74) is 4.83. The molecule has 6 nitrogen and oxygen atoms in total. The second-order valence-electron chi connectivity index (χ2n) is 5.14. The number of nitrogens with zero attached hydrogens (tertiary/aromatic N) is 4. The van der Waals surface area contributed by atoms with Gasteiger partial charge in [0.25, 0.3) is 0 Å². The van der Waals surface area contributed by atoms with Crippen LogP contribution in [-0.4, -0.2) is 25.7 Å². The molecule has 2 aromatic heterocycles. The number of benzene rings is 1. The van der Waals surface area contributed by atoms with Crippen LogP contribution >= 0.6 is 11.3 Å². The number of carbonyl (C=O) groups excluding carboxylic acids is 1. The summed E-state index contributed by atoms with van der Waals surface area (Å²) in [7, 11) is 0. The summed E-state index contributed by atoms with van der Waals surface area (Å²) in [6.45, 7) is 2.50. The van der Waals surface area contributed by atoms with E-state index in [9.17, 15) is 4.79 Å². The van der Waals surface area contributed by atoms with Gasteiger partial charge in [-0.2, -0.15) is 5.10 Å². The predicted octanol–water partition coefficient (Wildman–Crippen LogP) is 2.28. The highest BCUT2D eigenvalue weighted by Gasteiger charge is 2.06. The van der Waals surface area contributed by atoms with Crippen molar-refractivity contribution in [2.45, 2.75) is 26.3 Å². The van der Waals surface area contributed by atoms with Crippen molar-refractivity contribution in [1.82, 2.24) is 25.1 Å². The Kier molecular flexibility index (Phi) is 4.77. The fourth-order valence-electron chi connectivity index (χ4n) is 2.19. The number of rotatable bonds is 6. The first-order chi connectivity index (χ1) is 11.2. The van der Waals surface area contributed by atoms with Crippen LogP contribution in [0.25, 0.3) is 5.69 Å². The average Bonchev–Trinajstić information content (AvgIpc) is 3.23. The van der Waals surface area contributed by atoms with Crippen LogP contribution < -0.4 is 5.32 Å². The van der Waals surface area contributed by atoms with Gasteiger partial charge in [-0.1, -0.05) is 12.1 Å². The molecule has 0 radical (unpaired) electrons. The summed E-state index contributed by atoms with van der Waals surface area (Å²) < 4.78 is 1.69. The maximum absolute atomic E-state index is 11.9. The molecule has 0 fully saturated rings. The van der Waals surface area contributed by atoms with Gasteiger partial charge in [0.05, 0.1) is 16.9 Å². The van der Waals surface area contributed by atoms with Crippen molar-refractivity contribution in [1.29, 1.82) is 0 Å². The Hall–Kier alpha value is -2.54. The molecule has 3 rings (SSSR count). The summed E-state index contributed by atoms with van der Waals surface area (Å²) in [4.78, 5) is 21.2. The summed E-state index contributed by atoms with van der Waals surface area (Å²) in [6.07, 6.45) is 4.38. The molecule has 1 N–H and O–H groups in total. The van der Waals surface area contributed by atoms with E-state index in [1.165, 1.54) is 11.2 Å². The third-order valence-electron chi connectivity index (χ3n) is 3.53. The van der Waals surface area contributed by atoms with Crippen LogP contribution in [0.2, 0.25) is 0 Å². The summed E-state index contributed by atoms with van der Waals surface area (Å²) in [5.74, 6) is 0.0538. The molecule has 2 heterocycles. The van der Waals surface area contributed by atoms with Gasteiger partial charge in [-0.25, -0.2) is 14.6 Å². The van der Waals surface area contributed by atoms with Crippen LogP contribution in [0.5, 0.6) is 0 Å². The van der Waals surface area contributed by atoms with Crippen LogP contribution in [0, 0.1) is 6.92 Å². The molecule has 23 heavy (non-hydrogen) atoms. The molecule has 118 valence electrons. The molecular weight excluding hydrogens is 310 g/mol. The maximum Gasteiger partial charge on any atom is 0.220 e. The second kappa shape index (κ2) is 7.15. The van der Waals surface area contributed by atoms with E-state index >= 15 is 0 Å². The van der Waals surface area contributed by atoms with E-state index in [-0.39, 0.29) is 5.91 Å².